The van der Waals surface area contributed by atoms with Gasteiger partial charge in [-0.1, -0.05) is 6.92 Å². The molecule has 106 valence electrons. The van der Waals surface area contributed by atoms with E-state index in [0.717, 1.165) is 12.3 Å². The lowest BCUT2D eigenvalue weighted by Crippen LogP contribution is -2.28. The van der Waals surface area contributed by atoms with Crippen molar-refractivity contribution in [3.63, 3.8) is 0 Å². The fraction of sp³-hybridized carbons (Fsp3) is 0.667. The predicted molar refractivity (Wildman–Crippen MR) is 81.9 cm³/mol. The molecule has 0 aliphatic carbocycles. The van der Waals surface area contributed by atoms with Gasteiger partial charge in [-0.2, -0.15) is 11.8 Å². The zero-order valence-corrected chi connectivity index (χ0v) is 12.9. The topological polar surface area (TPSA) is 34.2 Å². The third kappa shape index (κ3) is 4.11. The molecule has 1 aromatic rings. The first-order valence-electron chi connectivity index (χ1n) is 7.13. The zero-order valence-electron chi connectivity index (χ0n) is 12.1. The van der Waals surface area contributed by atoms with Gasteiger partial charge in [-0.15, -0.1) is 0 Å². The Bertz CT molecular complexity index is 391. The number of thioether (sulfide) groups is 1. The van der Waals surface area contributed by atoms with Crippen molar-refractivity contribution in [2.24, 2.45) is 5.92 Å². The van der Waals surface area contributed by atoms with Crippen LogP contribution < -0.4 is 10.1 Å². The number of hydrogen-bond donors (Lipinski definition) is 1. The van der Waals surface area contributed by atoms with E-state index in [2.05, 4.69) is 35.1 Å². The summed E-state index contributed by atoms with van der Waals surface area (Å²) in [6, 6.07) is 2.55. The highest BCUT2D eigenvalue weighted by Crippen LogP contribution is 2.34. The van der Waals surface area contributed by atoms with Gasteiger partial charge in [-0.3, -0.25) is 4.98 Å². The highest BCUT2D eigenvalue weighted by molar-refractivity contribution is 7.99. The van der Waals surface area contributed by atoms with E-state index in [4.69, 9.17) is 4.74 Å². The summed E-state index contributed by atoms with van der Waals surface area (Å²) in [5.41, 5.74) is 1.26. The van der Waals surface area contributed by atoms with Crippen molar-refractivity contribution in [1.82, 2.24) is 10.3 Å². The van der Waals surface area contributed by atoms with E-state index in [1.54, 1.807) is 6.20 Å². The molecule has 1 aromatic heterocycles. The molecule has 1 N–H and O–H groups in total. The van der Waals surface area contributed by atoms with E-state index in [9.17, 15) is 0 Å². The summed E-state index contributed by atoms with van der Waals surface area (Å²) in [7, 11) is 0. The molecular weight excluding hydrogens is 256 g/mol. The van der Waals surface area contributed by atoms with Gasteiger partial charge in [0.05, 0.1) is 12.3 Å². The van der Waals surface area contributed by atoms with E-state index in [-0.39, 0.29) is 6.10 Å². The summed E-state index contributed by atoms with van der Waals surface area (Å²) >= 11 is 2.05. The Morgan fingerprint density at radius 2 is 2.32 bits per heavy atom. The molecule has 1 aliphatic rings. The SMILES string of the molecule is CCNC(c1cncc(OC(C)C)c1)C1CCSC1. The first kappa shape index (κ1) is 14.7. The van der Waals surface area contributed by atoms with Gasteiger partial charge in [0.2, 0.25) is 0 Å². The van der Waals surface area contributed by atoms with Gasteiger partial charge >= 0.3 is 0 Å². The van der Waals surface area contributed by atoms with E-state index in [0.29, 0.717) is 12.0 Å². The van der Waals surface area contributed by atoms with Crippen LogP contribution in [-0.2, 0) is 0 Å². The van der Waals surface area contributed by atoms with Gasteiger partial charge < -0.3 is 10.1 Å². The highest BCUT2D eigenvalue weighted by Gasteiger charge is 2.26. The van der Waals surface area contributed by atoms with Crippen molar-refractivity contribution in [3.05, 3.63) is 24.0 Å². The molecule has 0 bridgehead atoms. The normalized spacial score (nSPS) is 20.7. The van der Waals surface area contributed by atoms with Crippen LogP contribution in [0.25, 0.3) is 0 Å². The van der Waals surface area contributed by atoms with Crippen molar-refractivity contribution in [3.8, 4) is 5.75 Å². The molecule has 0 spiro atoms. The first-order chi connectivity index (χ1) is 9.20. The summed E-state index contributed by atoms with van der Waals surface area (Å²) in [5.74, 6) is 4.11. The lowest BCUT2D eigenvalue weighted by molar-refractivity contribution is 0.240. The van der Waals surface area contributed by atoms with E-state index >= 15 is 0 Å². The van der Waals surface area contributed by atoms with E-state index < -0.39 is 0 Å². The lowest BCUT2D eigenvalue weighted by Gasteiger charge is -2.24. The molecule has 1 aliphatic heterocycles. The Balaban J connectivity index is 2.15. The minimum atomic E-state index is 0.191. The second-order valence-electron chi connectivity index (χ2n) is 5.28. The van der Waals surface area contributed by atoms with Gasteiger partial charge in [0.25, 0.3) is 0 Å². The van der Waals surface area contributed by atoms with E-state index in [1.807, 2.05) is 20.0 Å². The van der Waals surface area contributed by atoms with Gasteiger partial charge in [-0.25, -0.2) is 0 Å². The number of pyridine rings is 1. The molecule has 1 saturated heterocycles. The third-order valence-electron chi connectivity index (χ3n) is 3.33. The van der Waals surface area contributed by atoms with Crippen LogP contribution in [0.15, 0.2) is 18.5 Å². The molecule has 2 rings (SSSR count). The first-order valence-corrected chi connectivity index (χ1v) is 8.29. The van der Waals surface area contributed by atoms with E-state index in [1.165, 1.54) is 23.5 Å². The minimum Gasteiger partial charge on any atom is -0.489 e. The lowest BCUT2D eigenvalue weighted by atomic mass is 9.93. The number of rotatable bonds is 6. The van der Waals surface area contributed by atoms with Crippen molar-refractivity contribution in [2.45, 2.75) is 39.3 Å². The zero-order chi connectivity index (χ0) is 13.7. The summed E-state index contributed by atoms with van der Waals surface area (Å²) in [6.45, 7) is 7.24. The van der Waals surface area contributed by atoms with Crippen LogP contribution in [0.5, 0.6) is 5.75 Å². The summed E-state index contributed by atoms with van der Waals surface area (Å²) in [6.07, 6.45) is 5.26. The molecule has 0 aromatic carbocycles. The molecule has 0 radical (unpaired) electrons. The van der Waals surface area contributed by atoms with Crippen LogP contribution in [0.2, 0.25) is 0 Å². The third-order valence-corrected chi connectivity index (χ3v) is 4.51. The second-order valence-corrected chi connectivity index (χ2v) is 6.43. The molecule has 1 fully saturated rings. The molecule has 2 unspecified atom stereocenters. The standard InChI is InChI=1S/C15H24N2OS/c1-4-17-15(12-5-6-19-10-12)13-7-14(9-16-8-13)18-11(2)3/h7-9,11-12,15,17H,4-6,10H2,1-3H3. The van der Waals surface area contributed by atoms with Crippen molar-refractivity contribution in [1.29, 1.82) is 0 Å². The summed E-state index contributed by atoms with van der Waals surface area (Å²) in [4.78, 5) is 4.34. The van der Waals surface area contributed by atoms with Crippen LogP contribution in [-0.4, -0.2) is 29.1 Å². The monoisotopic (exact) mass is 280 g/mol. The molecule has 4 heteroatoms. The van der Waals surface area contributed by atoms with Gasteiger partial charge in [-0.05, 0) is 55.9 Å². The van der Waals surface area contributed by atoms with Crippen molar-refractivity contribution >= 4 is 11.8 Å². The smallest absolute Gasteiger partial charge is 0.138 e. The Kier molecular flexibility index (Phi) is 5.52. The fourth-order valence-corrected chi connectivity index (χ4v) is 3.83. The van der Waals surface area contributed by atoms with Crippen LogP contribution >= 0.6 is 11.8 Å². The quantitative estimate of drug-likeness (QED) is 0.867. The van der Waals surface area contributed by atoms with Crippen LogP contribution in [0.3, 0.4) is 0 Å². The van der Waals surface area contributed by atoms with Gasteiger partial charge in [0.15, 0.2) is 0 Å². The molecule has 0 amide bonds. The van der Waals surface area contributed by atoms with Gasteiger partial charge in [0, 0.05) is 12.2 Å². The van der Waals surface area contributed by atoms with Crippen LogP contribution in [0, 0.1) is 5.92 Å². The van der Waals surface area contributed by atoms with Crippen molar-refractivity contribution in [2.75, 3.05) is 18.1 Å². The average Bonchev–Trinajstić information content (AvgIpc) is 2.89. The van der Waals surface area contributed by atoms with Crippen molar-refractivity contribution < 1.29 is 4.74 Å². The van der Waals surface area contributed by atoms with Crippen LogP contribution in [0.4, 0.5) is 0 Å². The molecule has 2 heterocycles. The Morgan fingerprint density at radius 3 is 2.95 bits per heavy atom. The Morgan fingerprint density at radius 1 is 1.47 bits per heavy atom. The summed E-state index contributed by atoms with van der Waals surface area (Å²) in [5, 5.41) is 3.61. The summed E-state index contributed by atoms with van der Waals surface area (Å²) < 4.78 is 5.75. The van der Waals surface area contributed by atoms with Crippen LogP contribution in [0.1, 0.15) is 38.8 Å². The predicted octanol–water partition coefficient (Wildman–Crippen LogP) is 3.27. The molecule has 19 heavy (non-hydrogen) atoms. The molecule has 2 atom stereocenters. The molecule has 0 saturated carbocycles. The fourth-order valence-electron chi connectivity index (χ4n) is 2.53. The highest BCUT2D eigenvalue weighted by atomic mass is 32.2. The number of aromatic nitrogens is 1. The maximum atomic E-state index is 5.75. The molecular formula is C15H24N2OS. The number of nitrogens with zero attached hydrogens (tertiary/aromatic N) is 1. The Labute approximate surface area is 120 Å². The Hall–Kier alpha value is -0.740. The second kappa shape index (κ2) is 7.15. The number of hydrogen-bond acceptors (Lipinski definition) is 4. The average molecular weight is 280 g/mol. The van der Waals surface area contributed by atoms with Gasteiger partial charge in [0.1, 0.15) is 5.75 Å². The maximum Gasteiger partial charge on any atom is 0.138 e. The molecule has 3 nitrogen and oxygen atoms in total. The number of ether oxygens (including phenoxy) is 1. The number of nitrogens with one attached hydrogen (secondary N) is 1. The largest absolute Gasteiger partial charge is 0.489 e. The minimum absolute atomic E-state index is 0.191. The maximum absolute atomic E-state index is 5.75.